The number of allylic oxidation sites excluding steroid dienone is 3. The quantitative estimate of drug-likeness (QED) is 0.793. The molecule has 4 nitrogen and oxygen atoms in total. The van der Waals surface area contributed by atoms with E-state index in [0.717, 1.165) is 11.4 Å². The first-order chi connectivity index (χ1) is 8.75. The second-order valence-corrected chi connectivity index (χ2v) is 4.94. The van der Waals surface area contributed by atoms with Crippen LogP contribution in [0.25, 0.3) is 0 Å². The second kappa shape index (κ2) is 4.61. The Balaban J connectivity index is 1.91. The molecule has 1 atom stereocenters. The number of aryl methyl sites for hydroxylation is 1. The number of rotatable bonds is 2. The van der Waals surface area contributed by atoms with Crippen LogP contribution in [0.5, 0.6) is 0 Å². The zero-order valence-corrected chi connectivity index (χ0v) is 10.8. The first-order valence-corrected chi connectivity index (χ1v) is 6.48. The molecular formula is C14H19N4. The van der Waals surface area contributed by atoms with Crippen molar-refractivity contribution in [3.05, 3.63) is 43.2 Å². The Labute approximate surface area is 108 Å². The Bertz CT molecular complexity index is 480. The van der Waals surface area contributed by atoms with Gasteiger partial charge in [-0.15, -0.1) is 0 Å². The summed E-state index contributed by atoms with van der Waals surface area (Å²) in [5.41, 5.74) is 2.14. The number of anilines is 1. The van der Waals surface area contributed by atoms with Crippen LogP contribution < -0.4 is 4.90 Å². The van der Waals surface area contributed by atoms with Crippen molar-refractivity contribution in [1.82, 2.24) is 14.7 Å². The zero-order chi connectivity index (χ0) is 12.5. The number of hydrogen-bond donors (Lipinski definition) is 0. The monoisotopic (exact) mass is 243 g/mol. The van der Waals surface area contributed by atoms with Gasteiger partial charge in [-0.3, -0.25) is 9.58 Å². The van der Waals surface area contributed by atoms with E-state index in [1.807, 2.05) is 24.1 Å². The third-order valence-corrected chi connectivity index (χ3v) is 3.63. The number of likely N-dealkylation sites (tertiary alicyclic amines) is 1. The van der Waals surface area contributed by atoms with Crippen LogP contribution >= 0.6 is 0 Å². The van der Waals surface area contributed by atoms with Crippen molar-refractivity contribution in [2.45, 2.75) is 19.0 Å². The van der Waals surface area contributed by atoms with E-state index >= 15 is 0 Å². The highest BCUT2D eigenvalue weighted by Gasteiger charge is 2.28. The summed E-state index contributed by atoms with van der Waals surface area (Å²) in [6.45, 7) is 6.49. The fraction of sp³-hybridized carbons (Fsp3) is 0.429. The van der Waals surface area contributed by atoms with Crippen LogP contribution in [0.15, 0.2) is 36.3 Å². The van der Waals surface area contributed by atoms with E-state index in [2.05, 4.69) is 40.1 Å². The molecule has 4 heteroatoms. The smallest absolute Gasteiger partial charge is 0.106 e. The van der Waals surface area contributed by atoms with Gasteiger partial charge < -0.3 is 4.90 Å². The summed E-state index contributed by atoms with van der Waals surface area (Å²) in [4.78, 5) is 4.76. The Hall–Kier alpha value is -1.55. The van der Waals surface area contributed by atoms with Crippen molar-refractivity contribution in [1.29, 1.82) is 0 Å². The van der Waals surface area contributed by atoms with Crippen LogP contribution in [-0.2, 0) is 7.05 Å². The van der Waals surface area contributed by atoms with Gasteiger partial charge in [0.05, 0.1) is 11.9 Å². The van der Waals surface area contributed by atoms with E-state index in [-0.39, 0.29) is 6.17 Å². The van der Waals surface area contributed by atoms with Gasteiger partial charge in [0.25, 0.3) is 0 Å². The normalized spacial score (nSPS) is 24.7. The zero-order valence-electron chi connectivity index (χ0n) is 10.8. The first-order valence-electron chi connectivity index (χ1n) is 6.48. The first kappa shape index (κ1) is 11.5. The highest BCUT2D eigenvalue weighted by Crippen LogP contribution is 2.28. The van der Waals surface area contributed by atoms with Gasteiger partial charge in [0.15, 0.2) is 0 Å². The minimum atomic E-state index is 0.286. The fourth-order valence-electron chi connectivity index (χ4n) is 2.74. The molecule has 0 amide bonds. The molecule has 1 aromatic rings. The molecule has 1 aromatic heterocycles. The molecule has 0 saturated carbocycles. The fourth-order valence-corrected chi connectivity index (χ4v) is 2.74. The molecular weight excluding hydrogens is 224 g/mol. The van der Waals surface area contributed by atoms with Crippen molar-refractivity contribution in [3.8, 4) is 0 Å². The molecule has 1 fully saturated rings. The molecule has 0 aliphatic carbocycles. The van der Waals surface area contributed by atoms with Gasteiger partial charge in [0.1, 0.15) is 6.17 Å². The molecule has 3 rings (SSSR count). The van der Waals surface area contributed by atoms with Crippen LogP contribution in [-0.4, -0.2) is 33.9 Å². The number of nitrogens with zero attached hydrogens (tertiary/aromatic N) is 4. The molecule has 95 valence electrons. The summed E-state index contributed by atoms with van der Waals surface area (Å²) in [5, 5.41) is 4.26. The second-order valence-electron chi connectivity index (χ2n) is 4.94. The summed E-state index contributed by atoms with van der Waals surface area (Å²) in [7, 11) is 1.95. The molecule has 3 heterocycles. The van der Waals surface area contributed by atoms with Gasteiger partial charge >= 0.3 is 0 Å². The third-order valence-electron chi connectivity index (χ3n) is 3.63. The van der Waals surface area contributed by atoms with Gasteiger partial charge in [-0.2, -0.15) is 5.10 Å². The van der Waals surface area contributed by atoms with E-state index in [4.69, 9.17) is 0 Å². The topological polar surface area (TPSA) is 24.3 Å². The van der Waals surface area contributed by atoms with E-state index < -0.39 is 0 Å². The van der Waals surface area contributed by atoms with E-state index in [1.54, 1.807) is 0 Å². The Morgan fingerprint density at radius 3 is 2.78 bits per heavy atom. The minimum absolute atomic E-state index is 0.286. The van der Waals surface area contributed by atoms with Gasteiger partial charge in [-0.1, -0.05) is 6.08 Å². The lowest BCUT2D eigenvalue weighted by Gasteiger charge is -2.38. The molecule has 0 spiro atoms. The van der Waals surface area contributed by atoms with E-state index in [1.165, 1.54) is 25.9 Å². The van der Waals surface area contributed by atoms with Crippen LogP contribution in [0.1, 0.15) is 12.8 Å². The predicted octanol–water partition coefficient (Wildman–Crippen LogP) is 1.94. The molecule has 1 saturated heterocycles. The van der Waals surface area contributed by atoms with Crippen LogP contribution in [0.4, 0.5) is 5.69 Å². The molecule has 2 aliphatic heterocycles. The maximum absolute atomic E-state index is 4.26. The summed E-state index contributed by atoms with van der Waals surface area (Å²) in [6.07, 6.45) is 13.2. The Morgan fingerprint density at radius 2 is 2.11 bits per heavy atom. The summed E-state index contributed by atoms with van der Waals surface area (Å²) >= 11 is 0. The largest absolute Gasteiger partial charge is 0.323 e. The van der Waals surface area contributed by atoms with E-state index in [9.17, 15) is 0 Å². The maximum atomic E-state index is 4.26. The Morgan fingerprint density at radius 1 is 1.33 bits per heavy atom. The lowest BCUT2D eigenvalue weighted by molar-refractivity contribution is 0.282. The van der Waals surface area contributed by atoms with E-state index in [0.29, 0.717) is 0 Å². The molecule has 0 aromatic carbocycles. The highest BCUT2D eigenvalue weighted by molar-refractivity contribution is 5.55. The average molecular weight is 243 g/mol. The number of hydrogen-bond acceptors (Lipinski definition) is 3. The van der Waals surface area contributed by atoms with Crippen LogP contribution in [0, 0.1) is 6.92 Å². The minimum Gasteiger partial charge on any atom is -0.323 e. The third kappa shape index (κ3) is 1.97. The maximum Gasteiger partial charge on any atom is 0.106 e. The van der Waals surface area contributed by atoms with Gasteiger partial charge in [0.2, 0.25) is 0 Å². The lowest BCUT2D eigenvalue weighted by Crippen LogP contribution is -2.46. The molecule has 2 aliphatic rings. The molecule has 0 bridgehead atoms. The molecule has 1 unspecified atom stereocenters. The molecule has 1 radical (unpaired) electrons. The summed E-state index contributed by atoms with van der Waals surface area (Å²) in [5.74, 6) is 0. The Kier molecular flexibility index (Phi) is 2.96. The van der Waals surface area contributed by atoms with Gasteiger partial charge in [-0.05, 0) is 31.9 Å². The standard InChI is InChI=1S/C14H19N4/c1-12-6-5-7-14(17-8-3-4-9-17)18(12)13-10-15-16(2)11-13/h5-7,10-11,14H,1,3-4,8-9H2,2H3. The van der Waals surface area contributed by atoms with Gasteiger partial charge in [-0.25, -0.2) is 0 Å². The lowest BCUT2D eigenvalue weighted by atomic mass is 10.2. The van der Waals surface area contributed by atoms with Crippen LogP contribution in [0.2, 0.25) is 0 Å². The van der Waals surface area contributed by atoms with Crippen molar-refractivity contribution >= 4 is 5.69 Å². The van der Waals surface area contributed by atoms with Crippen molar-refractivity contribution in [2.75, 3.05) is 18.0 Å². The number of aromatic nitrogens is 2. The van der Waals surface area contributed by atoms with Crippen molar-refractivity contribution < 1.29 is 0 Å². The predicted molar refractivity (Wildman–Crippen MR) is 72.9 cm³/mol. The van der Waals surface area contributed by atoms with Crippen molar-refractivity contribution in [2.24, 2.45) is 7.05 Å². The SMILES string of the molecule is [CH2]C1=CC=CC(N2CCCC2)N1c1cnn(C)c1. The summed E-state index contributed by atoms with van der Waals surface area (Å²) < 4.78 is 1.84. The van der Waals surface area contributed by atoms with Crippen LogP contribution in [0.3, 0.4) is 0 Å². The summed E-state index contributed by atoms with van der Waals surface area (Å²) in [6, 6.07) is 0. The highest BCUT2D eigenvalue weighted by atomic mass is 15.4. The van der Waals surface area contributed by atoms with Gasteiger partial charge in [0, 0.05) is 32.0 Å². The molecule has 0 N–H and O–H groups in total. The molecule has 18 heavy (non-hydrogen) atoms. The average Bonchev–Trinajstić information content (AvgIpc) is 2.99. The van der Waals surface area contributed by atoms with Crippen molar-refractivity contribution in [3.63, 3.8) is 0 Å².